The summed E-state index contributed by atoms with van der Waals surface area (Å²) in [5.74, 6) is 0.833. The normalized spacial score (nSPS) is 16.4. The third-order valence-corrected chi connectivity index (χ3v) is 3.38. The molecule has 0 bridgehead atoms. The molecule has 0 spiro atoms. The van der Waals surface area contributed by atoms with E-state index in [1.54, 1.807) is 12.1 Å². The largest absolute Gasteiger partial charge is 0.491 e. The predicted molar refractivity (Wildman–Crippen MR) is 76.1 cm³/mol. The second-order valence-electron chi connectivity index (χ2n) is 4.82. The van der Waals surface area contributed by atoms with Gasteiger partial charge in [-0.25, -0.2) is 0 Å². The quantitative estimate of drug-likeness (QED) is 0.685. The molecule has 1 N–H and O–H groups in total. The SMILES string of the molecule is Cc1ccc(NC2COc3ccccc32)c([N+](=O)[O-])c1. The zero-order valence-electron chi connectivity index (χ0n) is 11.0. The van der Waals surface area contributed by atoms with Crippen molar-refractivity contribution >= 4 is 11.4 Å². The number of nitrogens with one attached hydrogen (secondary N) is 1. The van der Waals surface area contributed by atoms with Gasteiger partial charge in [-0.1, -0.05) is 24.3 Å². The summed E-state index contributed by atoms with van der Waals surface area (Å²) in [6.07, 6.45) is 0. The Balaban J connectivity index is 1.92. The second-order valence-corrected chi connectivity index (χ2v) is 4.82. The molecule has 2 aromatic carbocycles. The molecule has 3 rings (SSSR count). The van der Waals surface area contributed by atoms with Crippen LogP contribution in [0.25, 0.3) is 0 Å². The van der Waals surface area contributed by atoms with Gasteiger partial charge in [0.05, 0.1) is 11.0 Å². The molecule has 0 radical (unpaired) electrons. The van der Waals surface area contributed by atoms with E-state index in [9.17, 15) is 10.1 Å². The molecule has 2 aromatic rings. The summed E-state index contributed by atoms with van der Waals surface area (Å²) in [6.45, 7) is 2.31. The Morgan fingerprint density at radius 3 is 2.90 bits per heavy atom. The molecular weight excluding hydrogens is 256 g/mol. The van der Waals surface area contributed by atoms with Crippen LogP contribution < -0.4 is 10.1 Å². The minimum atomic E-state index is -0.364. The number of para-hydroxylation sites is 1. The van der Waals surface area contributed by atoms with E-state index in [0.717, 1.165) is 16.9 Å². The first-order valence-electron chi connectivity index (χ1n) is 6.38. The van der Waals surface area contributed by atoms with Gasteiger partial charge in [0, 0.05) is 11.6 Å². The molecule has 0 aliphatic carbocycles. The maximum absolute atomic E-state index is 11.1. The number of nitrogens with zero attached hydrogens (tertiary/aromatic N) is 1. The minimum Gasteiger partial charge on any atom is -0.491 e. The van der Waals surface area contributed by atoms with Crippen molar-refractivity contribution < 1.29 is 9.66 Å². The van der Waals surface area contributed by atoms with Crippen molar-refractivity contribution in [2.75, 3.05) is 11.9 Å². The topological polar surface area (TPSA) is 64.4 Å². The minimum absolute atomic E-state index is 0.0624. The Bertz CT molecular complexity index is 670. The van der Waals surface area contributed by atoms with E-state index in [1.165, 1.54) is 0 Å². The molecule has 1 atom stereocenters. The summed E-state index contributed by atoms with van der Waals surface area (Å²) in [5, 5.41) is 14.3. The van der Waals surface area contributed by atoms with Gasteiger partial charge in [0.15, 0.2) is 0 Å². The number of fused-ring (bicyclic) bond motifs is 1. The molecule has 20 heavy (non-hydrogen) atoms. The highest BCUT2D eigenvalue weighted by molar-refractivity contribution is 5.64. The van der Waals surface area contributed by atoms with Crippen LogP contribution in [0.1, 0.15) is 17.2 Å². The maximum Gasteiger partial charge on any atom is 0.292 e. The van der Waals surface area contributed by atoms with Gasteiger partial charge in [-0.15, -0.1) is 0 Å². The zero-order chi connectivity index (χ0) is 14.1. The molecule has 1 aliphatic rings. The Morgan fingerprint density at radius 1 is 1.30 bits per heavy atom. The fourth-order valence-corrected chi connectivity index (χ4v) is 2.38. The van der Waals surface area contributed by atoms with Crippen molar-refractivity contribution in [1.29, 1.82) is 0 Å². The molecule has 1 heterocycles. The van der Waals surface area contributed by atoms with Gasteiger partial charge in [0.2, 0.25) is 0 Å². The molecule has 0 fully saturated rings. The van der Waals surface area contributed by atoms with E-state index in [2.05, 4.69) is 5.32 Å². The fraction of sp³-hybridized carbons (Fsp3) is 0.200. The molecule has 102 valence electrons. The van der Waals surface area contributed by atoms with Crippen molar-refractivity contribution in [1.82, 2.24) is 0 Å². The summed E-state index contributed by atoms with van der Waals surface area (Å²) in [5.41, 5.74) is 2.51. The van der Waals surface area contributed by atoms with Gasteiger partial charge in [-0.05, 0) is 24.6 Å². The van der Waals surface area contributed by atoms with Crippen LogP contribution in [0, 0.1) is 17.0 Å². The van der Waals surface area contributed by atoms with Crippen LogP contribution in [0.5, 0.6) is 5.75 Å². The highest BCUT2D eigenvalue weighted by atomic mass is 16.6. The fourth-order valence-electron chi connectivity index (χ4n) is 2.38. The number of hydrogen-bond donors (Lipinski definition) is 1. The highest BCUT2D eigenvalue weighted by Crippen LogP contribution is 2.36. The van der Waals surface area contributed by atoms with Crippen LogP contribution in [-0.4, -0.2) is 11.5 Å². The number of rotatable bonds is 3. The van der Waals surface area contributed by atoms with Crippen LogP contribution in [0.3, 0.4) is 0 Å². The molecule has 0 saturated heterocycles. The summed E-state index contributed by atoms with van der Waals surface area (Å²) < 4.78 is 5.57. The standard InChI is InChI=1S/C15H14N2O3/c1-10-6-7-12(14(8-10)17(18)19)16-13-9-20-15-5-3-2-4-11(13)15/h2-8,13,16H,9H2,1H3. The molecule has 0 aromatic heterocycles. The van der Waals surface area contributed by atoms with E-state index in [0.29, 0.717) is 12.3 Å². The Hall–Kier alpha value is -2.56. The van der Waals surface area contributed by atoms with Crippen molar-refractivity contribution in [3.8, 4) is 5.75 Å². The van der Waals surface area contributed by atoms with Gasteiger partial charge in [-0.2, -0.15) is 0 Å². The highest BCUT2D eigenvalue weighted by Gasteiger charge is 2.25. The summed E-state index contributed by atoms with van der Waals surface area (Å²) in [6, 6.07) is 12.8. The Kier molecular flexibility index (Phi) is 3.02. The lowest BCUT2D eigenvalue weighted by Crippen LogP contribution is -2.13. The number of ether oxygens (including phenoxy) is 1. The number of nitro groups is 1. The smallest absolute Gasteiger partial charge is 0.292 e. The van der Waals surface area contributed by atoms with Crippen LogP contribution in [-0.2, 0) is 0 Å². The van der Waals surface area contributed by atoms with Crippen LogP contribution in [0.4, 0.5) is 11.4 Å². The van der Waals surface area contributed by atoms with Crippen molar-refractivity contribution in [3.63, 3.8) is 0 Å². The van der Waals surface area contributed by atoms with Crippen LogP contribution in [0.15, 0.2) is 42.5 Å². The molecule has 1 aliphatic heterocycles. The third kappa shape index (κ3) is 2.18. The van der Waals surface area contributed by atoms with Gasteiger partial charge in [-0.3, -0.25) is 10.1 Å². The first-order chi connectivity index (χ1) is 9.65. The van der Waals surface area contributed by atoms with Crippen LogP contribution >= 0.6 is 0 Å². The van der Waals surface area contributed by atoms with E-state index < -0.39 is 0 Å². The summed E-state index contributed by atoms with van der Waals surface area (Å²) in [7, 11) is 0. The lowest BCUT2D eigenvalue weighted by Gasteiger charge is -2.13. The lowest BCUT2D eigenvalue weighted by molar-refractivity contribution is -0.384. The Morgan fingerprint density at radius 2 is 2.10 bits per heavy atom. The zero-order valence-corrected chi connectivity index (χ0v) is 11.0. The number of benzene rings is 2. The molecular formula is C15H14N2O3. The van der Waals surface area contributed by atoms with Gasteiger partial charge in [0.1, 0.15) is 18.0 Å². The van der Waals surface area contributed by atoms with E-state index in [1.807, 2.05) is 37.3 Å². The number of anilines is 1. The van der Waals surface area contributed by atoms with Gasteiger partial charge >= 0.3 is 0 Å². The molecule has 0 saturated carbocycles. The predicted octanol–water partition coefficient (Wildman–Crippen LogP) is 3.45. The van der Waals surface area contributed by atoms with Crippen LogP contribution in [0.2, 0.25) is 0 Å². The molecule has 5 heteroatoms. The van der Waals surface area contributed by atoms with Crippen molar-refractivity contribution in [2.45, 2.75) is 13.0 Å². The van der Waals surface area contributed by atoms with Crippen molar-refractivity contribution in [2.24, 2.45) is 0 Å². The van der Waals surface area contributed by atoms with Gasteiger partial charge < -0.3 is 10.1 Å². The first-order valence-corrected chi connectivity index (χ1v) is 6.38. The van der Waals surface area contributed by atoms with Crippen molar-refractivity contribution in [3.05, 3.63) is 63.7 Å². The Labute approximate surface area is 116 Å². The second kappa shape index (κ2) is 4.85. The lowest BCUT2D eigenvalue weighted by atomic mass is 10.1. The molecule has 0 amide bonds. The number of aryl methyl sites for hydroxylation is 1. The van der Waals surface area contributed by atoms with Gasteiger partial charge in [0.25, 0.3) is 5.69 Å². The average Bonchev–Trinajstić information content (AvgIpc) is 2.84. The third-order valence-electron chi connectivity index (χ3n) is 3.38. The molecule has 5 nitrogen and oxygen atoms in total. The monoisotopic (exact) mass is 270 g/mol. The summed E-state index contributed by atoms with van der Waals surface area (Å²) in [4.78, 5) is 10.8. The van der Waals surface area contributed by atoms with E-state index >= 15 is 0 Å². The number of nitro benzene ring substituents is 1. The summed E-state index contributed by atoms with van der Waals surface area (Å²) >= 11 is 0. The average molecular weight is 270 g/mol. The number of hydrogen-bond acceptors (Lipinski definition) is 4. The maximum atomic E-state index is 11.1. The van der Waals surface area contributed by atoms with E-state index in [-0.39, 0.29) is 16.7 Å². The van der Waals surface area contributed by atoms with E-state index in [4.69, 9.17) is 4.74 Å². The molecule has 1 unspecified atom stereocenters. The first kappa shape index (κ1) is 12.5.